The maximum Gasteiger partial charge on any atom is 0.397 e. The zero-order valence-corrected chi connectivity index (χ0v) is 43.3. The molecule has 1 aliphatic heterocycles. The lowest BCUT2D eigenvalue weighted by Crippen LogP contribution is -2.60. The Morgan fingerprint density at radius 3 is 1.46 bits per heavy atom. The average Bonchev–Trinajstić information content (AvgIpc) is 3.30. The Morgan fingerprint density at radius 2 is 0.985 bits per heavy atom. The van der Waals surface area contributed by atoms with E-state index in [1.165, 1.54) is 141 Å². The molecule has 1 aliphatic rings. The van der Waals surface area contributed by atoms with Crippen LogP contribution in [0.15, 0.2) is 36.5 Å². The largest absolute Gasteiger partial charge is 0.457 e. The lowest BCUT2D eigenvalue weighted by atomic mass is 9.99. The highest BCUT2D eigenvalue weighted by Gasteiger charge is 2.48. The van der Waals surface area contributed by atoms with Crippen LogP contribution >= 0.6 is 0 Å². The molecular weight excluding hydrogens is 873 g/mol. The van der Waals surface area contributed by atoms with Gasteiger partial charge in [0.1, 0.15) is 30.5 Å². The quantitative estimate of drug-likeness (QED) is 0.0197. The van der Waals surface area contributed by atoms with E-state index in [1.54, 1.807) is 0 Å². The Balaban J connectivity index is 2.33. The van der Waals surface area contributed by atoms with Crippen LogP contribution in [0.5, 0.6) is 0 Å². The molecule has 1 saturated heterocycles. The van der Waals surface area contributed by atoms with Crippen molar-refractivity contribution >= 4 is 16.4 Å². The van der Waals surface area contributed by atoms with Gasteiger partial charge in [0.15, 0.2) is 6.29 Å². The van der Waals surface area contributed by atoms with Crippen LogP contribution in [0.3, 0.4) is 0 Å². The Hall–Kier alpha value is -1.68. The molecule has 6 unspecified atom stereocenters. The van der Waals surface area contributed by atoms with Crippen molar-refractivity contribution in [3.63, 3.8) is 0 Å². The summed E-state index contributed by atoms with van der Waals surface area (Å²) in [5.41, 5.74) is 0. The summed E-state index contributed by atoms with van der Waals surface area (Å²) < 4.78 is 59.3. The first-order chi connectivity index (χ1) is 32.6. The summed E-state index contributed by atoms with van der Waals surface area (Å²) in [6, 6.07) is 0. The average molecular weight is 973 g/mol. The van der Waals surface area contributed by atoms with E-state index in [1.807, 2.05) is 0 Å². The minimum absolute atomic E-state index is 0.0338. The molecule has 6 atom stereocenters. The van der Waals surface area contributed by atoms with Crippen LogP contribution in [-0.4, -0.2) is 97.5 Å². The van der Waals surface area contributed by atoms with Crippen molar-refractivity contribution in [2.45, 2.75) is 275 Å². The number of carbonyl (C=O) groups is 1. The van der Waals surface area contributed by atoms with Crippen molar-refractivity contribution in [1.82, 2.24) is 0 Å². The first kappa shape index (κ1) is 63.3. The number of aliphatic hydroxyl groups excluding tert-OH is 3. The first-order valence-corrected chi connectivity index (χ1v) is 28.6. The molecule has 394 valence electrons. The number of unbranched alkanes of at least 4 members (excludes halogenated alkanes) is 29. The van der Waals surface area contributed by atoms with Gasteiger partial charge in [0.25, 0.3) is 0 Å². The van der Waals surface area contributed by atoms with Crippen molar-refractivity contribution in [3.8, 4) is 0 Å². The number of rotatable bonds is 48. The third kappa shape index (κ3) is 38.7. The molecule has 0 radical (unpaired) electrons. The van der Waals surface area contributed by atoms with Gasteiger partial charge in [-0.1, -0.05) is 217 Å². The zero-order valence-electron chi connectivity index (χ0n) is 42.5. The molecule has 0 bridgehead atoms. The molecule has 0 aromatic rings. The number of aliphatic hydroxyl groups is 3. The predicted molar refractivity (Wildman–Crippen MR) is 271 cm³/mol. The lowest BCUT2D eigenvalue weighted by Gasteiger charge is -2.41. The second kappa shape index (κ2) is 45.5. The highest BCUT2D eigenvalue weighted by Crippen LogP contribution is 2.26. The SMILES string of the molecule is CCCCC/C=C\C/C=C\C/C=C\CCCCCCCCC(=O)OC(COCCCCCCCCCCCCCCCCCCCCCCC)COC1OC(CO)C(O)C(OS(=O)(=O)O)C1O. The second-order valence-electron chi connectivity index (χ2n) is 18.8. The molecule has 0 aliphatic carbocycles. The lowest BCUT2D eigenvalue weighted by molar-refractivity contribution is -0.301. The van der Waals surface area contributed by atoms with Crippen LogP contribution in [0.25, 0.3) is 0 Å². The van der Waals surface area contributed by atoms with Crippen molar-refractivity contribution in [1.29, 1.82) is 0 Å². The van der Waals surface area contributed by atoms with Crippen LogP contribution in [0.2, 0.25) is 0 Å². The van der Waals surface area contributed by atoms with E-state index in [0.29, 0.717) is 13.0 Å². The third-order valence-corrected chi connectivity index (χ3v) is 13.0. The Morgan fingerprint density at radius 1 is 0.567 bits per heavy atom. The van der Waals surface area contributed by atoms with E-state index in [2.05, 4.69) is 54.5 Å². The highest BCUT2D eigenvalue weighted by molar-refractivity contribution is 7.80. The summed E-state index contributed by atoms with van der Waals surface area (Å²) in [7, 11) is -5.07. The summed E-state index contributed by atoms with van der Waals surface area (Å²) >= 11 is 0. The predicted octanol–water partition coefficient (Wildman–Crippen LogP) is 12.9. The molecule has 12 nitrogen and oxygen atoms in total. The molecular formula is C54H100O12S. The summed E-state index contributed by atoms with van der Waals surface area (Å²) in [4.78, 5) is 12.9. The maximum atomic E-state index is 12.9. The zero-order chi connectivity index (χ0) is 48.9. The molecule has 0 saturated carbocycles. The fourth-order valence-electron chi connectivity index (χ4n) is 8.39. The van der Waals surface area contributed by atoms with E-state index < -0.39 is 59.8 Å². The van der Waals surface area contributed by atoms with Crippen molar-refractivity contribution < 1.29 is 56.2 Å². The Bertz CT molecular complexity index is 1310. The maximum absolute atomic E-state index is 12.9. The Labute approximate surface area is 409 Å². The molecule has 1 heterocycles. The van der Waals surface area contributed by atoms with Gasteiger partial charge in [-0.25, -0.2) is 4.18 Å². The van der Waals surface area contributed by atoms with Gasteiger partial charge in [0.2, 0.25) is 0 Å². The Kier molecular flexibility index (Phi) is 43.0. The van der Waals surface area contributed by atoms with Gasteiger partial charge in [0, 0.05) is 13.0 Å². The van der Waals surface area contributed by atoms with Gasteiger partial charge in [0.05, 0.1) is 19.8 Å². The normalized spacial score (nSPS) is 19.6. The molecule has 0 amide bonds. The third-order valence-electron chi connectivity index (χ3n) is 12.5. The highest BCUT2D eigenvalue weighted by atomic mass is 32.3. The van der Waals surface area contributed by atoms with Crippen LogP contribution in [-0.2, 0) is 38.3 Å². The number of hydrogen-bond acceptors (Lipinski definition) is 11. The first-order valence-electron chi connectivity index (χ1n) is 27.2. The summed E-state index contributed by atoms with van der Waals surface area (Å²) in [6.07, 6.45) is 46.0. The number of carbonyl (C=O) groups excluding carboxylic acids is 1. The number of allylic oxidation sites excluding steroid dienone is 6. The van der Waals surface area contributed by atoms with Crippen molar-refractivity contribution in [3.05, 3.63) is 36.5 Å². The van der Waals surface area contributed by atoms with Gasteiger partial charge >= 0.3 is 16.4 Å². The van der Waals surface area contributed by atoms with Gasteiger partial charge in [-0.15, -0.1) is 0 Å². The van der Waals surface area contributed by atoms with E-state index in [4.69, 9.17) is 18.9 Å². The fraction of sp³-hybridized carbons (Fsp3) is 0.870. The van der Waals surface area contributed by atoms with Gasteiger partial charge < -0.3 is 34.3 Å². The van der Waals surface area contributed by atoms with Crippen LogP contribution in [0.4, 0.5) is 0 Å². The van der Waals surface area contributed by atoms with E-state index in [0.717, 1.165) is 70.6 Å². The van der Waals surface area contributed by atoms with E-state index in [-0.39, 0.29) is 19.6 Å². The van der Waals surface area contributed by atoms with Crippen LogP contribution in [0.1, 0.15) is 239 Å². The molecule has 1 fully saturated rings. The molecule has 4 N–H and O–H groups in total. The minimum atomic E-state index is -5.07. The summed E-state index contributed by atoms with van der Waals surface area (Å²) in [5, 5.41) is 30.8. The summed E-state index contributed by atoms with van der Waals surface area (Å²) in [5.74, 6) is -0.408. The molecule has 67 heavy (non-hydrogen) atoms. The molecule has 0 aromatic heterocycles. The van der Waals surface area contributed by atoms with Crippen molar-refractivity contribution in [2.24, 2.45) is 0 Å². The number of ether oxygens (including phenoxy) is 4. The number of esters is 1. The minimum Gasteiger partial charge on any atom is -0.457 e. The van der Waals surface area contributed by atoms with Crippen LogP contribution < -0.4 is 0 Å². The second-order valence-corrected chi connectivity index (χ2v) is 19.9. The van der Waals surface area contributed by atoms with E-state index in [9.17, 15) is 33.1 Å². The molecule has 13 heteroatoms. The summed E-state index contributed by atoms with van der Waals surface area (Å²) in [6.45, 7) is 3.99. The standard InChI is InChI=1S/C54H100O12S/c1-3-5-7-9-11-13-15-17-19-21-23-24-26-28-30-32-34-36-38-40-42-44-62-46-48(47-63-54-52(58)53(66-67(59,60)61)51(57)49(45-55)65-54)64-50(56)43-41-39-37-35-33-31-29-27-25-22-20-18-16-14-12-10-8-6-4-2/h12,14,18,20,25,27,48-49,51-55,57-58H,3-11,13,15-17,19,21-24,26,28-47H2,1-2H3,(H,59,60,61)/b14-12-,20-18-,27-25-. The van der Waals surface area contributed by atoms with E-state index >= 15 is 0 Å². The monoisotopic (exact) mass is 973 g/mol. The molecule has 0 spiro atoms. The molecule has 1 rings (SSSR count). The van der Waals surface area contributed by atoms with Gasteiger partial charge in [-0.05, 0) is 51.4 Å². The fourth-order valence-corrected chi connectivity index (χ4v) is 8.90. The number of hydrogen-bond donors (Lipinski definition) is 4. The topological polar surface area (TPSA) is 178 Å². The van der Waals surface area contributed by atoms with Crippen LogP contribution in [0, 0.1) is 0 Å². The van der Waals surface area contributed by atoms with Gasteiger partial charge in [-0.2, -0.15) is 8.42 Å². The molecule has 0 aromatic carbocycles. The van der Waals surface area contributed by atoms with Gasteiger partial charge in [-0.3, -0.25) is 9.35 Å². The smallest absolute Gasteiger partial charge is 0.397 e. The van der Waals surface area contributed by atoms with Crippen molar-refractivity contribution in [2.75, 3.05) is 26.4 Å².